The first-order valence-corrected chi connectivity index (χ1v) is 12.1. The number of ether oxygens (including phenoxy) is 3. The van der Waals surface area contributed by atoms with Gasteiger partial charge < -0.3 is 19.5 Å². The van der Waals surface area contributed by atoms with Gasteiger partial charge in [-0.15, -0.1) is 0 Å². The van der Waals surface area contributed by atoms with E-state index in [2.05, 4.69) is 26.0 Å². The van der Waals surface area contributed by atoms with E-state index in [1.807, 2.05) is 25.1 Å². The van der Waals surface area contributed by atoms with Crippen LogP contribution in [0.3, 0.4) is 0 Å². The number of anilines is 1. The summed E-state index contributed by atoms with van der Waals surface area (Å²) < 4.78 is 16.4. The maximum absolute atomic E-state index is 12.6. The molecule has 11 heteroatoms. The minimum absolute atomic E-state index is 0.152. The molecular weight excluding hydrogens is 540 g/mol. The van der Waals surface area contributed by atoms with Crippen LogP contribution in [-0.4, -0.2) is 54.8 Å². The summed E-state index contributed by atoms with van der Waals surface area (Å²) in [7, 11) is 1.18. The number of rotatable bonds is 9. The van der Waals surface area contributed by atoms with Crippen LogP contribution in [0.5, 0.6) is 11.5 Å². The molecule has 1 saturated heterocycles. The van der Waals surface area contributed by atoms with Crippen molar-refractivity contribution in [2.24, 2.45) is 0 Å². The molecule has 1 heterocycles. The van der Waals surface area contributed by atoms with E-state index in [1.165, 1.54) is 13.2 Å². The second-order valence-corrected chi connectivity index (χ2v) is 9.16. The zero-order valence-corrected chi connectivity index (χ0v) is 21.7. The van der Waals surface area contributed by atoms with Gasteiger partial charge in [0.25, 0.3) is 17.1 Å². The number of amides is 3. The summed E-state index contributed by atoms with van der Waals surface area (Å²) in [6, 6.07) is 10.7. The highest BCUT2D eigenvalue weighted by molar-refractivity contribution is 9.10. The van der Waals surface area contributed by atoms with Crippen molar-refractivity contribution in [3.05, 3.63) is 56.9 Å². The lowest BCUT2D eigenvalue weighted by atomic mass is 10.2. The van der Waals surface area contributed by atoms with Crippen molar-refractivity contribution in [2.45, 2.75) is 13.8 Å². The number of hydrogen-bond donors (Lipinski definition) is 1. The number of aryl methyl sites for hydroxylation is 1. The van der Waals surface area contributed by atoms with Crippen molar-refractivity contribution in [1.82, 2.24) is 4.90 Å². The van der Waals surface area contributed by atoms with Gasteiger partial charge in [0, 0.05) is 5.69 Å². The fraction of sp³-hybridized carbons (Fsp3) is 0.250. The monoisotopic (exact) mass is 562 g/mol. The summed E-state index contributed by atoms with van der Waals surface area (Å²) in [6.45, 7) is 3.35. The smallest absolute Gasteiger partial charge is 0.325 e. The largest absolute Gasteiger partial charge is 0.490 e. The van der Waals surface area contributed by atoms with Crippen molar-refractivity contribution in [2.75, 3.05) is 32.2 Å². The molecule has 35 heavy (non-hydrogen) atoms. The molecular formula is C24H23BrN2O7S. The van der Waals surface area contributed by atoms with E-state index < -0.39 is 23.7 Å². The molecule has 9 nitrogen and oxygen atoms in total. The van der Waals surface area contributed by atoms with Crippen LogP contribution < -0.4 is 14.8 Å². The number of imide groups is 1. The van der Waals surface area contributed by atoms with Crippen molar-refractivity contribution in [1.29, 1.82) is 0 Å². The highest BCUT2D eigenvalue weighted by Crippen LogP contribution is 2.39. The number of hydrogen-bond acceptors (Lipinski definition) is 8. The molecule has 1 fully saturated rings. The minimum atomic E-state index is -0.692. The van der Waals surface area contributed by atoms with Crippen LogP contribution in [0, 0.1) is 6.92 Å². The van der Waals surface area contributed by atoms with Crippen LogP contribution >= 0.6 is 27.7 Å². The fourth-order valence-electron chi connectivity index (χ4n) is 3.11. The Morgan fingerprint density at radius 3 is 2.63 bits per heavy atom. The van der Waals surface area contributed by atoms with E-state index in [4.69, 9.17) is 9.47 Å². The predicted molar refractivity (Wildman–Crippen MR) is 135 cm³/mol. The van der Waals surface area contributed by atoms with E-state index in [-0.39, 0.29) is 17.4 Å². The average molecular weight is 563 g/mol. The van der Waals surface area contributed by atoms with Crippen molar-refractivity contribution in [3.8, 4) is 11.5 Å². The summed E-state index contributed by atoms with van der Waals surface area (Å²) >= 11 is 4.15. The van der Waals surface area contributed by atoms with Crippen molar-refractivity contribution < 1.29 is 33.4 Å². The van der Waals surface area contributed by atoms with Gasteiger partial charge in [-0.2, -0.15) is 0 Å². The summed E-state index contributed by atoms with van der Waals surface area (Å²) in [5.41, 5.74) is 2.24. The molecule has 0 radical (unpaired) electrons. The molecule has 3 rings (SSSR count). The number of benzene rings is 2. The maximum atomic E-state index is 12.6. The average Bonchev–Trinajstić information content (AvgIpc) is 3.05. The van der Waals surface area contributed by atoms with Crippen molar-refractivity contribution in [3.63, 3.8) is 0 Å². The second-order valence-electron chi connectivity index (χ2n) is 7.31. The van der Waals surface area contributed by atoms with Crippen LogP contribution in [0.15, 0.2) is 45.8 Å². The van der Waals surface area contributed by atoms with Crippen molar-refractivity contribution >= 4 is 62.5 Å². The molecule has 0 aromatic heterocycles. The lowest BCUT2D eigenvalue weighted by Gasteiger charge is -2.15. The zero-order valence-electron chi connectivity index (χ0n) is 19.3. The molecule has 2 aromatic carbocycles. The Labute approximate surface area is 214 Å². The number of nitrogens with one attached hydrogen (secondary N) is 1. The van der Waals surface area contributed by atoms with Gasteiger partial charge in [-0.1, -0.05) is 12.1 Å². The molecule has 0 saturated carbocycles. The maximum Gasteiger partial charge on any atom is 0.325 e. The van der Waals surface area contributed by atoms with Crippen LogP contribution in [0.25, 0.3) is 6.08 Å². The van der Waals surface area contributed by atoms with Crippen LogP contribution in [0.4, 0.5) is 10.5 Å². The van der Waals surface area contributed by atoms with Gasteiger partial charge in [0.05, 0.1) is 23.1 Å². The van der Waals surface area contributed by atoms with Gasteiger partial charge in [-0.3, -0.25) is 24.1 Å². The lowest BCUT2D eigenvalue weighted by molar-refractivity contribution is -0.143. The van der Waals surface area contributed by atoms with Gasteiger partial charge in [0.15, 0.2) is 18.1 Å². The van der Waals surface area contributed by atoms with Crippen LogP contribution in [-0.2, 0) is 19.1 Å². The summed E-state index contributed by atoms with van der Waals surface area (Å²) in [4.78, 5) is 49.6. The third-order valence-corrected chi connectivity index (χ3v) is 6.16. The standard InChI is InChI=1S/C24H23BrN2O7S/c1-4-33-18-10-15(11-19-23(30)27(24(31)35-19)12-21(29)32-3)9-17(25)22(18)34-13-20(28)26-16-7-5-6-14(2)8-16/h5-11H,4,12-13H2,1-3H3,(H,26,28)/b19-11-. The van der Waals surface area contributed by atoms with E-state index in [0.29, 0.717) is 33.8 Å². The Hall–Kier alpha value is -3.31. The number of methoxy groups -OCH3 is 1. The first kappa shape index (κ1) is 26.3. The molecule has 184 valence electrons. The lowest BCUT2D eigenvalue weighted by Crippen LogP contribution is -2.34. The number of nitrogens with zero attached hydrogens (tertiary/aromatic N) is 1. The number of thioether (sulfide) groups is 1. The normalized spacial score (nSPS) is 14.3. The first-order chi connectivity index (χ1) is 16.7. The molecule has 0 bridgehead atoms. The number of carbonyl (C=O) groups excluding carboxylic acids is 4. The van der Waals surface area contributed by atoms with Gasteiger partial charge in [-0.05, 0) is 83.0 Å². The van der Waals surface area contributed by atoms with E-state index in [9.17, 15) is 19.2 Å². The van der Waals surface area contributed by atoms with Crippen LogP contribution in [0.1, 0.15) is 18.1 Å². The Morgan fingerprint density at radius 2 is 1.94 bits per heavy atom. The SMILES string of the molecule is CCOc1cc(/C=C2\SC(=O)N(CC(=O)OC)C2=O)cc(Br)c1OCC(=O)Nc1cccc(C)c1. The number of carbonyl (C=O) groups is 4. The molecule has 1 aliphatic heterocycles. The van der Waals surface area contributed by atoms with E-state index in [0.717, 1.165) is 22.2 Å². The molecule has 0 atom stereocenters. The molecule has 0 aliphatic carbocycles. The highest BCUT2D eigenvalue weighted by Gasteiger charge is 2.36. The highest BCUT2D eigenvalue weighted by atomic mass is 79.9. The molecule has 1 N–H and O–H groups in total. The zero-order chi connectivity index (χ0) is 25.5. The van der Waals surface area contributed by atoms with Gasteiger partial charge in [0.2, 0.25) is 0 Å². The molecule has 0 unspecified atom stereocenters. The summed E-state index contributed by atoms with van der Waals surface area (Å²) in [5, 5.41) is 2.22. The van der Waals surface area contributed by atoms with Gasteiger partial charge in [-0.25, -0.2) is 0 Å². The summed E-state index contributed by atoms with van der Waals surface area (Å²) in [5.74, 6) is -0.948. The van der Waals surface area contributed by atoms with Gasteiger partial charge >= 0.3 is 5.97 Å². The molecule has 0 spiro atoms. The predicted octanol–water partition coefficient (Wildman–Crippen LogP) is 4.38. The Kier molecular flexibility index (Phi) is 8.94. The Bertz CT molecular complexity index is 1200. The number of halogens is 1. The topological polar surface area (TPSA) is 111 Å². The third kappa shape index (κ3) is 6.86. The molecule has 2 aromatic rings. The van der Waals surface area contributed by atoms with E-state index in [1.54, 1.807) is 25.1 Å². The molecule has 3 amide bonds. The molecule has 1 aliphatic rings. The fourth-order valence-corrected chi connectivity index (χ4v) is 4.53. The third-order valence-electron chi connectivity index (χ3n) is 4.67. The van der Waals surface area contributed by atoms with E-state index >= 15 is 0 Å². The quantitative estimate of drug-likeness (QED) is 0.354. The van der Waals surface area contributed by atoms with Crippen LogP contribution in [0.2, 0.25) is 0 Å². The minimum Gasteiger partial charge on any atom is -0.490 e. The number of esters is 1. The summed E-state index contributed by atoms with van der Waals surface area (Å²) in [6.07, 6.45) is 1.52. The first-order valence-electron chi connectivity index (χ1n) is 10.5. The Morgan fingerprint density at radius 1 is 1.17 bits per heavy atom. The Balaban J connectivity index is 1.76. The second kappa shape index (κ2) is 11.9. The van der Waals surface area contributed by atoms with Gasteiger partial charge in [0.1, 0.15) is 6.54 Å².